The molecule has 0 atom stereocenters. The molecule has 2 rings (SSSR count). The monoisotopic (exact) mass is 355 g/mol. The smallest absolute Gasteiger partial charge is 0.335 e. The van der Waals surface area contributed by atoms with E-state index in [1.807, 2.05) is 13.8 Å². The number of carbonyl (C=O) groups excluding carboxylic acids is 1. The molecule has 9 heteroatoms. The van der Waals surface area contributed by atoms with Gasteiger partial charge in [0.25, 0.3) is 12.3 Å². The fraction of sp³-hybridized carbons (Fsp3) is 0.312. The van der Waals surface area contributed by atoms with E-state index in [4.69, 9.17) is 5.11 Å². The Hall–Kier alpha value is -2.84. The second-order valence-corrected chi connectivity index (χ2v) is 5.77. The minimum absolute atomic E-state index is 0.0259. The zero-order valence-electron chi connectivity index (χ0n) is 13.5. The van der Waals surface area contributed by atoms with E-state index < -0.39 is 41.1 Å². The lowest BCUT2D eigenvalue weighted by atomic mass is 10.1. The van der Waals surface area contributed by atoms with Gasteiger partial charge in [-0.05, 0) is 24.1 Å². The van der Waals surface area contributed by atoms with Crippen LogP contribution in [0.15, 0.2) is 24.4 Å². The van der Waals surface area contributed by atoms with Crippen molar-refractivity contribution in [3.05, 3.63) is 47.0 Å². The summed E-state index contributed by atoms with van der Waals surface area (Å²) in [5, 5.41) is 14.8. The number of benzene rings is 1. The van der Waals surface area contributed by atoms with Crippen LogP contribution in [-0.2, 0) is 6.54 Å². The predicted octanol–water partition coefficient (Wildman–Crippen LogP) is 3.57. The second-order valence-electron chi connectivity index (χ2n) is 5.77. The molecule has 6 nitrogen and oxygen atoms in total. The Morgan fingerprint density at radius 3 is 2.56 bits per heavy atom. The molecular formula is C16H16F3N3O3. The first-order chi connectivity index (χ1) is 11.7. The summed E-state index contributed by atoms with van der Waals surface area (Å²) in [5.41, 5.74) is -1.63. The SMILES string of the molecule is CC(C)Cn1ncc(C(=O)Nc2cc(C(=O)O)ccc2F)c1C(F)F. The number of alkyl halides is 2. The van der Waals surface area contributed by atoms with E-state index in [0.29, 0.717) is 0 Å². The molecule has 0 fully saturated rings. The largest absolute Gasteiger partial charge is 0.478 e. The predicted molar refractivity (Wildman–Crippen MR) is 83.3 cm³/mol. The van der Waals surface area contributed by atoms with Crippen molar-refractivity contribution in [2.75, 3.05) is 5.32 Å². The van der Waals surface area contributed by atoms with Gasteiger partial charge in [0, 0.05) is 6.54 Å². The maximum Gasteiger partial charge on any atom is 0.335 e. The van der Waals surface area contributed by atoms with Crippen LogP contribution in [0.2, 0.25) is 0 Å². The lowest BCUT2D eigenvalue weighted by Crippen LogP contribution is -2.17. The Bertz CT molecular complexity index is 803. The fourth-order valence-electron chi connectivity index (χ4n) is 2.24. The highest BCUT2D eigenvalue weighted by atomic mass is 19.3. The van der Waals surface area contributed by atoms with Crippen molar-refractivity contribution < 1.29 is 27.9 Å². The van der Waals surface area contributed by atoms with Gasteiger partial charge in [-0.1, -0.05) is 13.8 Å². The highest BCUT2D eigenvalue weighted by Crippen LogP contribution is 2.25. The topological polar surface area (TPSA) is 84.2 Å². The summed E-state index contributed by atoms with van der Waals surface area (Å²) < 4.78 is 41.5. The number of nitrogens with zero attached hydrogens (tertiary/aromatic N) is 2. The number of hydrogen-bond donors (Lipinski definition) is 2. The van der Waals surface area contributed by atoms with Crippen molar-refractivity contribution in [1.29, 1.82) is 0 Å². The third-order valence-corrected chi connectivity index (χ3v) is 3.33. The van der Waals surface area contributed by atoms with Crippen LogP contribution in [0.5, 0.6) is 0 Å². The highest BCUT2D eigenvalue weighted by Gasteiger charge is 2.25. The second kappa shape index (κ2) is 7.37. The number of halogens is 3. The van der Waals surface area contributed by atoms with E-state index in [1.165, 1.54) is 0 Å². The molecule has 0 spiro atoms. The van der Waals surface area contributed by atoms with Crippen LogP contribution < -0.4 is 5.32 Å². The number of carboxylic acids is 1. The van der Waals surface area contributed by atoms with Crippen LogP contribution >= 0.6 is 0 Å². The Morgan fingerprint density at radius 2 is 2.00 bits per heavy atom. The number of nitrogens with one attached hydrogen (secondary N) is 1. The van der Waals surface area contributed by atoms with Gasteiger partial charge in [0.05, 0.1) is 23.0 Å². The van der Waals surface area contributed by atoms with E-state index in [1.54, 1.807) is 0 Å². The van der Waals surface area contributed by atoms with E-state index in [9.17, 15) is 22.8 Å². The quantitative estimate of drug-likeness (QED) is 0.830. The molecule has 1 heterocycles. The van der Waals surface area contributed by atoms with Gasteiger partial charge in [0.2, 0.25) is 0 Å². The summed E-state index contributed by atoms with van der Waals surface area (Å²) >= 11 is 0. The van der Waals surface area contributed by atoms with Crippen LogP contribution in [0.3, 0.4) is 0 Å². The maximum absolute atomic E-state index is 13.8. The Kier molecular flexibility index (Phi) is 5.45. The van der Waals surface area contributed by atoms with E-state index in [0.717, 1.165) is 29.1 Å². The number of aromatic nitrogens is 2. The van der Waals surface area contributed by atoms with Gasteiger partial charge in [-0.25, -0.2) is 18.0 Å². The normalized spacial score (nSPS) is 11.2. The van der Waals surface area contributed by atoms with Crippen LogP contribution in [0.25, 0.3) is 0 Å². The average molecular weight is 355 g/mol. The summed E-state index contributed by atoms with van der Waals surface area (Å²) in [5.74, 6) is -3.16. The first kappa shape index (κ1) is 18.5. The number of rotatable bonds is 6. The van der Waals surface area contributed by atoms with Gasteiger partial charge in [-0.2, -0.15) is 5.10 Å². The molecule has 0 aliphatic carbocycles. The summed E-state index contributed by atoms with van der Waals surface area (Å²) in [6.07, 6.45) is -1.96. The average Bonchev–Trinajstić information content (AvgIpc) is 2.92. The molecule has 2 N–H and O–H groups in total. The number of carboxylic acid groups (broad SMARTS) is 1. The van der Waals surface area contributed by atoms with E-state index >= 15 is 0 Å². The first-order valence-electron chi connectivity index (χ1n) is 7.38. The lowest BCUT2D eigenvalue weighted by molar-refractivity contribution is 0.0696. The molecule has 134 valence electrons. The Morgan fingerprint density at radius 1 is 1.32 bits per heavy atom. The molecule has 25 heavy (non-hydrogen) atoms. The Balaban J connectivity index is 2.34. The van der Waals surface area contributed by atoms with Crippen molar-refractivity contribution in [1.82, 2.24) is 9.78 Å². The molecule has 0 bridgehead atoms. The lowest BCUT2D eigenvalue weighted by Gasteiger charge is -2.11. The molecule has 2 aromatic rings. The van der Waals surface area contributed by atoms with Crippen molar-refractivity contribution in [3.63, 3.8) is 0 Å². The molecule has 0 saturated heterocycles. The first-order valence-corrected chi connectivity index (χ1v) is 7.38. The van der Waals surface area contributed by atoms with E-state index in [2.05, 4.69) is 10.4 Å². The van der Waals surface area contributed by atoms with Gasteiger partial charge >= 0.3 is 5.97 Å². The fourth-order valence-corrected chi connectivity index (χ4v) is 2.24. The Labute approximate surface area is 141 Å². The van der Waals surface area contributed by atoms with Gasteiger partial charge in [-0.3, -0.25) is 9.48 Å². The van der Waals surface area contributed by atoms with Crippen molar-refractivity contribution >= 4 is 17.6 Å². The van der Waals surface area contributed by atoms with Gasteiger partial charge in [-0.15, -0.1) is 0 Å². The number of hydrogen-bond acceptors (Lipinski definition) is 3. The summed E-state index contributed by atoms with van der Waals surface area (Å²) in [7, 11) is 0. The van der Waals surface area contributed by atoms with Crippen LogP contribution in [-0.4, -0.2) is 26.8 Å². The molecular weight excluding hydrogens is 339 g/mol. The molecule has 1 amide bonds. The van der Waals surface area contributed by atoms with E-state index in [-0.39, 0.29) is 18.0 Å². The summed E-state index contributed by atoms with van der Waals surface area (Å²) in [4.78, 5) is 23.2. The molecule has 0 unspecified atom stereocenters. The minimum atomic E-state index is -2.95. The molecule has 1 aromatic heterocycles. The molecule has 0 aliphatic rings. The summed E-state index contributed by atoms with van der Waals surface area (Å²) in [6, 6.07) is 2.81. The van der Waals surface area contributed by atoms with Crippen molar-refractivity contribution in [2.24, 2.45) is 5.92 Å². The van der Waals surface area contributed by atoms with Crippen LogP contribution in [0.1, 0.15) is 46.7 Å². The molecule has 0 saturated carbocycles. The minimum Gasteiger partial charge on any atom is -0.478 e. The number of anilines is 1. The van der Waals surface area contributed by atoms with Gasteiger partial charge < -0.3 is 10.4 Å². The number of amides is 1. The van der Waals surface area contributed by atoms with Crippen molar-refractivity contribution in [3.8, 4) is 0 Å². The standard InChI is InChI=1S/C16H16F3N3O3/c1-8(2)7-22-13(14(18)19)10(6-20-22)15(23)21-12-5-9(16(24)25)3-4-11(12)17/h3-6,8,14H,7H2,1-2H3,(H,21,23)(H,24,25). The van der Waals surface area contributed by atoms with Crippen LogP contribution in [0, 0.1) is 11.7 Å². The third kappa shape index (κ3) is 4.17. The van der Waals surface area contributed by atoms with Gasteiger partial charge in [0.1, 0.15) is 11.5 Å². The van der Waals surface area contributed by atoms with Crippen LogP contribution in [0.4, 0.5) is 18.9 Å². The number of aromatic carboxylic acids is 1. The third-order valence-electron chi connectivity index (χ3n) is 3.33. The molecule has 0 aliphatic heterocycles. The zero-order chi connectivity index (χ0) is 18.7. The summed E-state index contributed by atoms with van der Waals surface area (Å²) in [6.45, 7) is 3.81. The van der Waals surface area contributed by atoms with Crippen molar-refractivity contribution in [2.45, 2.75) is 26.8 Å². The molecule has 1 aromatic carbocycles. The maximum atomic E-state index is 13.8. The van der Waals surface area contributed by atoms with Gasteiger partial charge in [0.15, 0.2) is 0 Å². The highest BCUT2D eigenvalue weighted by molar-refractivity contribution is 6.05. The molecule has 0 radical (unpaired) electrons. The number of carbonyl (C=O) groups is 2. The zero-order valence-corrected chi connectivity index (χ0v) is 13.5.